The highest BCUT2D eigenvalue weighted by Gasteiger charge is 2.40. The molecule has 2 atom stereocenters. The second-order valence-corrected chi connectivity index (χ2v) is 7.49. The Labute approximate surface area is 156 Å². The third-order valence-electron chi connectivity index (χ3n) is 5.51. The second-order valence-electron chi connectivity index (χ2n) is 7.49. The molecule has 0 aliphatic carbocycles. The fourth-order valence-corrected chi connectivity index (χ4v) is 4.32. The molecular weight excluding hydrogens is 316 g/mol. The molecule has 2 N–H and O–H groups in total. The highest BCUT2D eigenvalue weighted by atomic mass is 15.4. The number of rotatable bonds is 5. The predicted molar refractivity (Wildman–Crippen MR) is 106 cm³/mol. The van der Waals surface area contributed by atoms with Crippen molar-refractivity contribution in [2.45, 2.75) is 26.2 Å². The van der Waals surface area contributed by atoms with Gasteiger partial charge < -0.3 is 0 Å². The second kappa shape index (κ2) is 7.86. The van der Waals surface area contributed by atoms with Crippen LogP contribution in [0.25, 0.3) is 0 Å². The van der Waals surface area contributed by atoms with Gasteiger partial charge in [-0.15, -0.1) is 0 Å². The van der Waals surface area contributed by atoms with Gasteiger partial charge in [0, 0.05) is 11.1 Å². The van der Waals surface area contributed by atoms with Crippen molar-refractivity contribution in [2.75, 3.05) is 13.1 Å². The monoisotopic (exact) mass is 344 g/mol. The van der Waals surface area contributed by atoms with E-state index in [0.717, 1.165) is 13.1 Å². The molecule has 2 nitrogen and oxygen atoms in total. The fraction of sp³-hybridized carbons (Fsp3) is 0.250. The highest BCUT2D eigenvalue weighted by molar-refractivity contribution is 5.23. The summed E-state index contributed by atoms with van der Waals surface area (Å²) >= 11 is 0. The summed E-state index contributed by atoms with van der Waals surface area (Å²) in [5, 5.41) is 0. The van der Waals surface area contributed by atoms with E-state index < -0.39 is 0 Å². The average molecular weight is 345 g/mol. The lowest BCUT2D eigenvalue weighted by molar-refractivity contribution is -1.09. The Morgan fingerprint density at radius 1 is 0.692 bits per heavy atom. The van der Waals surface area contributed by atoms with Crippen LogP contribution in [0, 0.1) is 6.92 Å². The summed E-state index contributed by atoms with van der Waals surface area (Å²) in [6, 6.07) is 31.0. The van der Waals surface area contributed by atoms with Gasteiger partial charge in [-0.1, -0.05) is 78.4 Å². The third-order valence-corrected chi connectivity index (χ3v) is 5.51. The minimum absolute atomic E-state index is 0.496. The largest absolute Gasteiger partial charge is 0.274 e. The first-order chi connectivity index (χ1) is 12.8. The highest BCUT2D eigenvalue weighted by Crippen LogP contribution is 2.11. The number of quaternary nitrogens is 2. The zero-order chi connectivity index (χ0) is 17.8. The maximum absolute atomic E-state index is 2.38. The normalized spacial score (nSPS) is 22.4. The topological polar surface area (TPSA) is 8.88 Å². The van der Waals surface area contributed by atoms with Crippen LogP contribution in [0.3, 0.4) is 0 Å². The van der Waals surface area contributed by atoms with Gasteiger partial charge in [0.15, 0.2) is 0 Å². The van der Waals surface area contributed by atoms with Crippen molar-refractivity contribution < 1.29 is 9.80 Å². The van der Waals surface area contributed by atoms with Gasteiger partial charge in [0.1, 0.15) is 26.2 Å². The molecule has 0 amide bonds. The third kappa shape index (κ3) is 3.87. The standard InChI is InChI=1S/C24H26N2/c1-20-9-8-14-23(17-20)24-25(18-21-10-4-2-5-11-21)15-16-26(24)19-22-12-6-3-7-13-22/h2-14,17,24H,15-16,18-19H2,1H3/p+2. The molecule has 1 heterocycles. The summed E-state index contributed by atoms with van der Waals surface area (Å²) in [6.45, 7) is 6.83. The fourth-order valence-electron chi connectivity index (χ4n) is 4.32. The molecule has 1 fully saturated rings. The predicted octanol–water partition coefficient (Wildman–Crippen LogP) is 2.18. The van der Waals surface area contributed by atoms with E-state index in [1.165, 1.54) is 35.3 Å². The number of benzene rings is 3. The first kappa shape index (κ1) is 17.0. The van der Waals surface area contributed by atoms with E-state index in [1.807, 2.05) is 0 Å². The molecule has 4 rings (SSSR count). The minimum Gasteiger partial charge on any atom is -0.274 e. The van der Waals surface area contributed by atoms with Crippen LogP contribution in [0.5, 0.6) is 0 Å². The van der Waals surface area contributed by atoms with Crippen LogP contribution < -0.4 is 9.80 Å². The molecule has 132 valence electrons. The van der Waals surface area contributed by atoms with E-state index in [9.17, 15) is 0 Å². The summed E-state index contributed by atoms with van der Waals surface area (Å²) in [4.78, 5) is 3.35. The van der Waals surface area contributed by atoms with Gasteiger partial charge in [-0.25, -0.2) is 0 Å². The SMILES string of the molecule is Cc1cccc(C2[NH+](Cc3ccccc3)CC[NH+]2Cc2ccccc2)c1. The van der Waals surface area contributed by atoms with Gasteiger partial charge in [0.05, 0.1) is 5.56 Å². The number of aryl methyl sites for hydroxylation is 1. The Morgan fingerprint density at radius 3 is 1.73 bits per heavy atom. The molecule has 26 heavy (non-hydrogen) atoms. The smallest absolute Gasteiger partial charge is 0.241 e. The number of hydrogen-bond donors (Lipinski definition) is 2. The van der Waals surface area contributed by atoms with E-state index in [-0.39, 0.29) is 0 Å². The van der Waals surface area contributed by atoms with Crippen molar-refractivity contribution in [3.05, 3.63) is 107 Å². The van der Waals surface area contributed by atoms with E-state index in [1.54, 1.807) is 9.80 Å². The van der Waals surface area contributed by atoms with Crippen LogP contribution in [-0.2, 0) is 13.1 Å². The van der Waals surface area contributed by atoms with Gasteiger partial charge in [-0.2, -0.15) is 0 Å². The van der Waals surface area contributed by atoms with Crippen molar-refractivity contribution >= 4 is 0 Å². The molecule has 1 saturated heterocycles. The van der Waals surface area contributed by atoms with Gasteiger partial charge in [0.25, 0.3) is 0 Å². The number of nitrogens with one attached hydrogen (secondary N) is 2. The van der Waals surface area contributed by atoms with Gasteiger partial charge in [0.2, 0.25) is 6.17 Å². The van der Waals surface area contributed by atoms with Gasteiger partial charge in [-0.3, -0.25) is 9.80 Å². The summed E-state index contributed by atoms with van der Waals surface area (Å²) in [7, 11) is 0. The van der Waals surface area contributed by atoms with Crippen LogP contribution in [-0.4, -0.2) is 13.1 Å². The minimum atomic E-state index is 0.496. The quantitative estimate of drug-likeness (QED) is 0.702. The Morgan fingerprint density at radius 2 is 1.23 bits per heavy atom. The van der Waals surface area contributed by atoms with Gasteiger partial charge in [-0.05, 0) is 19.1 Å². The molecule has 0 saturated carbocycles. The Hall–Kier alpha value is -2.42. The van der Waals surface area contributed by atoms with Crippen molar-refractivity contribution in [1.29, 1.82) is 0 Å². The summed E-state index contributed by atoms with van der Waals surface area (Å²) in [6.07, 6.45) is 0.496. The summed E-state index contributed by atoms with van der Waals surface area (Å²) in [5.41, 5.74) is 5.69. The van der Waals surface area contributed by atoms with E-state index in [2.05, 4.69) is 91.9 Å². The lowest BCUT2D eigenvalue weighted by Gasteiger charge is -2.25. The van der Waals surface area contributed by atoms with Crippen LogP contribution >= 0.6 is 0 Å². The van der Waals surface area contributed by atoms with Crippen LogP contribution in [0.2, 0.25) is 0 Å². The van der Waals surface area contributed by atoms with Crippen LogP contribution in [0.1, 0.15) is 28.4 Å². The Bertz CT molecular complexity index is 780. The molecular formula is C24H28N2+2. The first-order valence-corrected chi connectivity index (χ1v) is 9.63. The molecule has 1 aliphatic rings. The molecule has 2 heteroatoms. The molecule has 0 spiro atoms. The molecule has 1 aliphatic heterocycles. The molecule has 2 unspecified atom stereocenters. The first-order valence-electron chi connectivity index (χ1n) is 9.63. The van der Waals surface area contributed by atoms with E-state index in [4.69, 9.17) is 0 Å². The molecule has 0 aromatic heterocycles. The van der Waals surface area contributed by atoms with E-state index in [0.29, 0.717) is 6.17 Å². The van der Waals surface area contributed by atoms with Crippen molar-refractivity contribution in [3.8, 4) is 0 Å². The van der Waals surface area contributed by atoms with Gasteiger partial charge >= 0.3 is 0 Å². The zero-order valence-corrected chi connectivity index (χ0v) is 15.5. The van der Waals surface area contributed by atoms with Crippen LogP contribution in [0.4, 0.5) is 0 Å². The average Bonchev–Trinajstić information content (AvgIpc) is 3.05. The maximum Gasteiger partial charge on any atom is 0.241 e. The number of hydrogen-bond acceptors (Lipinski definition) is 0. The summed E-state index contributed by atoms with van der Waals surface area (Å²) < 4.78 is 0. The zero-order valence-electron chi connectivity index (χ0n) is 15.5. The molecule has 0 bridgehead atoms. The van der Waals surface area contributed by atoms with E-state index >= 15 is 0 Å². The van der Waals surface area contributed by atoms with Crippen LogP contribution in [0.15, 0.2) is 84.9 Å². The van der Waals surface area contributed by atoms with Crippen molar-refractivity contribution in [2.24, 2.45) is 0 Å². The Kier molecular flexibility index (Phi) is 5.14. The Balaban J connectivity index is 1.61. The summed E-state index contributed by atoms with van der Waals surface area (Å²) in [5.74, 6) is 0. The maximum atomic E-state index is 2.38. The molecule has 3 aromatic rings. The van der Waals surface area contributed by atoms with Crippen molar-refractivity contribution in [1.82, 2.24) is 0 Å². The molecule has 0 radical (unpaired) electrons. The lowest BCUT2D eigenvalue weighted by Crippen LogP contribution is -3.22. The molecule has 3 aromatic carbocycles. The lowest BCUT2D eigenvalue weighted by atomic mass is 10.1. The van der Waals surface area contributed by atoms with Crippen molar-refractivity contribution in [3.63, 3.8) is 0 Å².